The summed E-state index contributed by atoms with van der Waals surface area (Å²) in [5.41, 5.74) is 0.926. The van der Waals surface area contributed by atoms with E-state index in [1.165, 1.54) is 0 Å². The summed E-state index contributed by atoms with van der Waals surface area (Å²) in [5.74, 6) is 0.764. The number of hydrogen-bond donors (Lipinski definition) is 0. The van der Waals surface area contributed by atoms with Crippen molar-refractivity contribution < 1.29 is 4.74 Å². The van der Waals surface area contributed by atoms with Crippen molar-refractivity contribution in [2.45, 2.75) is 32.9 Å². The van der Waals surface area contributed by atoms with Gasteiger partial charge in [0.25, 0.3) is 0 Å². The summed E-state index contributed by atoms with van der Waals surface area (Å²) in [6, 6.07) is 9.79. The summed E-state index contributed by atoms with van der Waals surface area (Å²) in [6.45, 7) is 4.76. The van der Waals surface area contributed by atoms with Gasteiger partial charge in [-0.1, -0.05) is 24.6 Å². The van der Waals surface area contributed by atoms with E-state index in [-0.39, 0.29) is 0 Å². The zero-order valence-corrected chi connectivity index (χ0v) is 11.4. The third kappa shape index (κ3) is 3.26. The number of halogens is 1. The fourth-order valence-corrected chi connectivity index (χ4v) is 1.78. The molecule has 0 fully saturated rings. The predicted octanol–water partition coefficient (Wildman–Crippen LogP) is 4.09. The van der Waals surface area contributed by atoms with E-state index >= 15 is 0 Å². The molecule has 2 aromatic rings. The number of rotatable bonds is 5. The first-order valence-electron chi connectivity index (χ1n) is 6.11. The Bertz CT molecular complexity index is 510. The highest BCUT2D eigenvalue weighted by Gasteiger charge is 2.05. The Labute approximate surface area is 112 Å². The number of benzene rings is 1. The van der Waals surface area contributed by atoms with Gasteiger partial charge in [-0.05, 0) is 37.6 Å². The lowest BCUT2D eigenvalue weighted by molar-refractivity contribution is 0.298. The molecule has 1 heterocycles. The van der Waals surface area contributed by atoms with Crippen LogP contribution >= 0.6 is 11.6 Å². The summed E-state index contributed by atoms with van der Waals surface area (Å²) in [4.78, 5) is 0. The Morgan fingerprint density at radius 3 is 2.94 bits per heavy atom. The smallest absolute Gasteiger partial charge is 0.132 e. The first-order valence-corrected chi connectivity index (χ1v) is 6.49. The minimum absolute atomic E-state index is 0.421. The lowest BCUT2D eigenvalue weighted by Crippen LogP contribution is -2.05. The van der Waals surface area contributed by atoms with Crippen molar-refractivity contribution in [3.8, 4) is 5.75 Å². The van der Waals surface area contributed by atoms with Crippen LogP contribution in [0.1, 0.15) is 32.0 Å². The largest absolute Gasteiger partial charge is 0.487 e. The van der Waals surface area contributed by atoms with Crippen molar-refractivity contribution in [1.82, 2.24) is 9.78 Å². The third-order valence-corrected chi connectivity index (χ3v) is 3.12. The van der Waals surface area contributed by atoms with Crippen LogP contribution in [0.5, 0.6) is 5.75 Å². The first kappa shape index (κ1) is 13.0. The van der Waals surface area contributed by atoms with Crippen molar-refractivity contribution in [2.75, 3.05) is 0 Å². The summed E-state index contributed by atoms with van der Waals surface area (Å²) in [6.07, 6.45) is 3.06. The fraction of sp³-hybridized carbons (Fsp3) is 0.357. The van der Waals surface area contributed by atoms with E-state index in [4.69, 9.17) is 16.3 Å². The number of hydrogen-bond acceptors (Lipinski definition) is 2. The molecule has 3 nitrogen and oxygen atoms in total. The zero-order chi connectivity index (χ0) is 13.0. The van der Waals surface area contributed by atoms with Crippen LogP contribution in [0.3, 0.4) is 0 Å². The molecule has 0 aliphatic carbocycles. The molecule has 18 heavy (non-hydrogen) atoms. The summed E-state index contributed by atoms with van der Waals surface area (Å²) < 4.78 is 7.61. The monoisotopic (exact) mass is 264 g/mol. The molecule has 1 unspecified atom stereocenters. The van der Waals surface area contributed by atoms with E-state index in [9.17, 15) is 0 Å². The van der Waals surface area contributed by atoms with Crippen LogP contribution in [0.15, 0.2) is 36.5 Å². The highest BCUT2D eigenvalue weighted by atomic mass is 35.5. The third-order valence-electron chi connectivity index (χ3n) is 2.89. The molecule has 0 amide bonds. The second kappa shape index (κ2) is 5.91. The highest BCUT2D eigenvalue weighted by Crippen LogP contribution is 2.18. The first-order chi connectivity index (χ1) is 8.69. The van der Waals surface area contributed by atoms with Crippen molar-refractivity contribution in [2.24, 2.45) is 0 Å². The SMILES string of the molecule is CCC(C)n1ccc(COc2cccc(Cl)c2)n1. The minimum Gasteiger partial charge on any atom is -0.487 e. The Morgan fingerprint density at radius 2 is 2.22 bits per heavy atom. The lowest BCUT2D eigenvalue weighted by atomic mass is 10.3. The molecule has 96 valence electrons. The van der Waals surface area contributed by atoms with Gasteiger partial charge in [0.05, 0.1) is 5.69 Å². The summed E-state index contributed by atoms with van der Waals surface area (Å²) in [5, 5.41) is 5.16. The summed E-state index contributed by atoms with van der Waals surface area (Å²) in [7, 11) is 0. The molecule has 1 aromatic heterocycles. The highest BCUT2D eigenvalue weighted by molar-refractivity contribution is 6.30. The average molecular weight is 265 g/mol. The van der Waals surface area contributed by atoms with Crippen LogP contribution in [-0.4, -0.2) is 9.78 Å². The maximum Gasteiger partial charge on any atom is 0.132 e. The molecule has 2 rings (SSSR count). The molecule has 0 saturated carbocycles. The van der Waals surface area contributed by atoms with Gasteiger partial charge in [-0.15, -0.1) is 0 Å². The van der Waals surface area contributed by atoms with E-state index in [0.717, 1.165) is 17.9 Å². The van der Waals surface area contributed by atoms with E-state index in [1.807, 2.05) is 35.1 Å². The van der Waals surface area contributed by atoms with E-state index in [2.05, 4.69) is 18.9 Å². The molecule has 0 saturated heterocycles. The maximum atomic E-state index is 5.89. The molecular weight excluding hydrogens is 248 g/mol. The zero-order valence-electron chi connectivity index (χ0n) is 10.6. The second-order valence-electron chi connectivity index (χ2n) is 4.29. The molecule has 1 atom stereocenters. The van der Waals surface area contributed by atoms with Gasteiger partial charge in [0.15, 0.2) is 0 Å². The van der Waals surface area contributed by atoms with Crippen molar-refractivity contribution >= 4 is 11.6 Å². The van der Waals surface area contributed by atoms with Gasteiger partial charge in [0, 0.05) is 17.3 Å². The van der Waals surface area contributed by atoms with Crippen molar-refractivity contribution in [3.05, 3.63) is 47.2 Å². The number of aromatic nitrogens is 2. The minimum atomic E-state index is 0.421. The Hall–Kier alpha value is -1.48. The van der Waals surface area contributed by atoms with Gasteiger partial charge in [-0.2, -0.15) is 5.10 Å². The quantitative estimate of drug-likeness (QED) is 0.813. The molecule has 0 radical (unpaired) electrons. The van der Waals surface area contributed by atoms with Gasteiger partial charge < -0.3 is 4.74 Å². The van der Waals surface area contributed by atoms with Gasteiger partial charge in [-0.3, -0.25) is 4.68 Å². The molecule has 1 aromatic carbocycles. The number of nitrogens with zero attached hydrogens (tertiary/aromatic N) is 2. The van der Waals surface area contributed by atoms with E-state index in [1.54, 1.807) is 6.07 Å². The Morgan fingerprint density at radius 1 is 1.39 bits per heavy atom. The van der Waals surface area contributed by atoms with Crippen LogP contribution in [0.25, 0.3) is 0 Å². The fourth-order valence-electron chi connectivity index (χ4n) is 1.60. The molecule has 4 heteroatoms. The number of ether oxygens (including phenoxy) is 1. The molecule has 0 spiro atoms. The normalized spacial score (nSPS) is 12.4. The van der Waals surface area contributed by atoms with E-state index < -0.39 is 0 Å². The van der Waals surface area contributed by atoms with Crippen LogP contribution < -0.4 is 4.74 Å². The Balaban J connectivity index is 1.96. The lowest BCUT2D eigenvalue weighted by Gasteiger charge is -2.08. The van der Waals surface area contributed by atoms with Crippen LogP contribution in [0.4, 0.5) is 0 Å². The molecular formula is C14H17ClN2O. The Kier molecular flexibility index (Phi) is 4.26. The van der Waals surface area contributed by atoms with Gasteiger partial charge in [0.1, 0.15) is 12.4 Å². The summed E-state index contributed by atoms with van der Waals surface area (Å²) >= 11 is 5.89. The van der Waals surface area contributed by atoms with Crippen molar-refractivity contribution in [3.63, 3.8) is 0 Å². The molecule has 0 aliphatic rings. The predicted molar refractivity (Wildman–Crippen MR) is 73.0 cm³/mol. The van der Waals surface area contributed by atoms with Gasteiger partial charge in [0.2, 0.25) is 0 Å². The van der Waals surface area contributed by atoms with Crippen LogP contribution in [0.2, 0.25) is 5.02 Å². The molecule has 0 aliphatic heterocycles. The standard InChI is InChI=1S/C14H17ClN2O/c1-3-11(2)17-8-7-13(16-17)10-18-14-6-4-5-12(15)9-14/h4-9,11H,3,10H2,1-2H3. The van der Waals surface area contributed by atoms with E-state index in [0.29, 0.717) is 17.7 Å². The van der Waals surface area contributed by atoms with Gasteiger partial charge in [-0.25, -0.2) is 0 Å². The second-order valence-corrected chi connectivity index (χ2v) is 4.73. The molecule has 0 N–H and O–H groups in total. The topological polar surface area (TPSA) is 27.1 Å². The average Bonchev–Trinajstić information content (AvgIpc) is 2.84. The van der Waals surface area contributed by atoms with Crippen LogP contribution in [-0.2, 0) is 6.61 Å². The maximum absolute atomic E-state index is 5.89. The van der Waals surface area contributed by atoms with Gasteiger partial charge >= 0.3 is 0 Å². The van der Waals surface area contributed by atoms with Crippen LogP contribution in [0, 0.1) is 0 Å². The molecule has 0 bridgehead atoms. The van der Waals surface area contributed by atoms with Crippen molar-refractivity contribution in [1.29, 1.82) is 0 Å².